The molecule has 3 rings (SSSR count). The number of aromatic nitrogens is 2. The molecule has 22 heavy (non-hydrogen) atoms. The average Bonchev–Trinajstić information content (AvgIpc) is 2.91. The number of esters is 1. The van der Waals surface area contributed by atoms with Crippen molar-refractivity contribution in [2.75, 3.05) is 7.11 Å². The Hall–Kier alpha value is -2.14. The standard InChI is InChI=1S/C17H15BrN2O2/c1-11-7-14(18)5-3-13(11)9-20-10-19-15-6-4-12(8-16(15)20)17(21)22-2/h3-8,10H,9H2,1-2H3. The van der Waals surface area contributed by atoms with Crippen LogP contribution in [0.15, 0.2) is 47.2 Å². The number of carbonyl (C=O) groups is 1. The monoisotopic (exact) mass is 358 g/mol. The molecule has 0 unspecified atom stereocenters. The summed E-state index contributed by atoms with van der Waals surface area (Å²) in [5.41, 5.74) is 4.74. The van der Waals surface area contributed by atoms with Gasteiger partial charge in [-0.3, -0.25) is 0 Å². The molecule has 3 aromatic rings. The molecule has 0 radical (unpaired) electrons. The molecule has 112 valence electrons. The van der Waals surface area contributed by atoms with Gasteiger partial charge in [0, 0.05) is 11.0 Å². The number of nitrogens with zero attached hydrogens (tertiary/aromatic N) is 2. The summed E-state index contributed by atoms with van der Waals surface area (Å²) in [6, 6.07) is 11.6. The SMILES string of the molecule is COC(=O)c1ccc2ncn(Cc3ccc(Br)cc3C)c2c1. The molecule has 5 heteroatoms. The Bertz CT molecular complexity index is 855. The van der Waals surface area contributed by atoms with Gasteiger partial charge in [-0.25, -0.2) is 9.78 Å². The second kappa shape index (κ2) is 5.93. The zero-order chi connectivity index (χ0) is 15.7. The number of aryl methyl sites for hydroxylation is 1. The summed E-state index contributed by atoms with van der Waals surface area (Å²) in [5.74, 6) is -0.338. The van der Waals surface area contributed by atoms with E-state index >= 15 is 0 Å². The zero-order valence-electron chi connectivity index (χ0n) is 12.3. The first kappa shape index (κ1) is 14.8. The summed E-state index contributed by atoms with van der Waals surface area (Å²) in [7, 11) is 1.38. The van der Waals surface area contributed by atoms with E-state index in [1.54, 1.807) is 12.4 Å². The Balaban J connectivity index is 2.01. The lowest BCUT2D eigenvalue weighted by atomic mass is 10.1. The first-order valence-electron chi connectivity index (χ1n) is 6.86. The number of hydrogen-bond acceptors (Lipinski definition) is 3. The summed E-state index contributed by atoms with van der Waals surface area (Å²) >= 11 is 3.48. The predicted molar refractivity (Wildman–Crippen MR) is 89.1 cm³/mol. The van der Waals surface area contributed by atoms with Crippen molar-refractivity contribution in [2.24, 2.45) is 0 Å². The highest BCUT2D eigenvalue weighted by Crippen LogP contribution is 2.20. The normalized spacial score (nSPS) is 10.9. The topological polar surface area (TPSA) is 44.1 Å². The highest BCUT2D eigenvalue weighted by molar-refractivity contribution is 9.10. The minimum Gasteiger partial charge on any atom is -0.465 e. The number of benzene rings is 2. The number of fused-ring (bicyclic) bond motifs is 1. The van der Waals surface area contributed by atoms with Gasteiger partial charge < -0.3 is 9.30 Å². The largest absolute Gasteiger partial charge is 0.465 e. The molecule has 0 spiro atoms. The van der Waals surface area contributed by atoms with Gasteiger partial charge in [-0.05, 0) is 48.4 Å². The molecule has 0 bridgehead atoms. The van der Waals surface area contributed by atoms with E-state index in [1.165, 1.54) is 18.2 Å². The van der Waals surface area contributed by atoms with E-state index in [4.69, 9.17) is 4.74 Å². The number of hydrogen-bond donors (Lipinski definition) is 0. The van der Waals surface area contributed by atoms with Crippen LogP contribution in [0.25, 0.3) is 11.0 Å². The van der Waals surface area contributed by atoms with Gasteiger partial charge in [-0.15, -0.1) is 0 Å². The molecule has 0 aliphatic heterocycles. The van der Waals surface area contributed by atoms with Crippen LogP contribution in [0.2, 0.25) is 0 Å². The van der Waals surface area contributed by atoms with Crippen LogP contribution < -0.4 is 0 Å². The Morgan fingerprint density at radius 1 is 1.27 bits per heavy atom. The second-order valence-electron chi connectivity index (χ2n) is 5.14. The third kappa shape index (κ3) is 2.76. The van der Waals surface area contributed by atoms with Gasteiger partial charge in [0.2, 0.25) is 0 Å². The molecule has 0 fully saturated rings. The van der Waals surface area contributed by atoms with Crippen molar-refractivity contribution in [1.29, 1.82) is 0 Å². The van der Waals surface area contributed by atoms with Crippen molar-refractivity contribution in [3.05, 3.63) is 63.9 Å². The highest BCUT2D eigenvalue weighted by atomic mass is 79.9. The summed E-state index contributed by atoms with van der Waals surface area (Å²) in [6.07, 6.45) is 1.80. The van der Waals surface area contributed by atoms with E-state index in [0.29, 0.717) is 12.1 Å². The van der Waals surface area contributed by atoms with E-state index in [0.717, 1.165) is 15.5 Å². The van der Waals surface area contributed by atoms with Crippen LogP contribution in [0.1, 0.15) is 21.5 Å². The molecule has 0 aliphatic rings. The van der Waals surface area contributed by atoms with Gasteiger partial charge in [0.15, 0.2) is 0 Å². The Morgan fingerprint density at radius 3 is 2.82 bits per heavy atom. The summed E-state index contributed by atoms with van der Waals surface area (Å²) in [4.78, 5) is 16.1. The lowest BCUT2D eigenvalue weighted by Crippen LogP contribution is -2.03. The fraction of sp³-hybridized carbons (Fsp3) is 0.176. The molecule has 1 aromatic heterocycles. The van der Waals surface area contributed by atoms with Gasteiger partial charge in [-0.1, -0.05) is 22.0 Å². The number of imidazole rings is 1. The van der Waals surface area contributed by atoms with E-state index in [1.807, 2.05) is 22.8 Å². The molecule has 0 amide bonds. The lowest BCUT2D eigenvalue weighted by molar-refractivity contribution is 0.0601. The first-order chi connectivity index (χ1) is 10.6. The summed E-state index contributed by atoms with van der Waals surface area (Å²) < 4.78 is 7.88. The summed E-state index contributed by atoms with van der Waals surface area (Å²) in [6.45, 7) is 2.79. The highest BCUT2D eigenvalue weighted by Gasteiger charge is 2.10. The van der Waals surface area contributed by atoms with Crippen LogP contribution in [0.3, 0.4) is 0 Å². The van der Waals surface area contributed by atoms with Crippen LogP contribution in [-0.2, 0) is 11.3 Å². The molecule has 2 aromatic carbocycles. The number of ether oxygens (including phenoxy) is 1. The molecule has 4 nitrogen and oxygen atoms in total. The Labute approximate surface area is 136 Å². The number of carbonyl (C=O) groups excluding carboxylic acids is 1. The molecule has 0 aliphatic carbocycles. The van der Waals surface area contributed by atoms with Crippen LogP contribution in [0.4, 0.5) is 0 Å². The van der Waals surface area contributed by atoms with Crippen LogP contribution in [0.5, 0.6) is 0 Å². The molecular weight excluding hydrogens is 344 g/mol. The molecule has 0 saturated heterocycles. The third-order valence-corrected chi connectivity index (χ3v) is 4.18. The maximum absolute atomic E-state index is 11.7. The predicted octanol–water partition coefficient (Wildman–Crippen LogP) is 3.94. The van der Waals surface area contributed by atoms with Crippen LogP contribution in [0, 0.1) is 6.92 Å². The maximum Gasteiger partial charge on any atom is 0.337 e. The van der Waals surface area contributed by atoms with Crippen LogP contribution in [-0.4, -0.2) is 22.6 Å². The van der Waals surface area contributed by atoms with Gasteiger partial charge in [0.1, 0.15) is 0 Å². The maximum atomic E-state index is 11.7. The van der Waals surface area contributed by atoms with E-state index in [2.05, 4.69) is 40.0 Å². The average molecular weight is 359 g/mol. The third-order valence-electron chi connectivity index (χ3n) is 3.69. The van der Waals surface area contributed by atoms with Gasteiger partial charge in [-0.2, -0.15) is 0 Å². The Morgan fingerprint density at radius 2 is 2.09 bits per heavy atom. The minimum absolute atomic E-state index is 0.338. The fourth-order valence-electron chi connectivity index (χ4n) is 2.45. The smallest absolute Gasteiger partial charge is 0.337 e. The first-order valence-corrected chi connectivity index (χ1v) is 7.66. The molecule has 0 N–H and O–H groups in total. The van der Waals surface area contributed by atoms with Gasteiger partial charge in [0.05, 0.1) is 30.0 Å². The molecule has 0 saturated carbocycles. The number of rotatable bonds is 3. The molecule has 1 heterocycles. The van der Waals surface area contributed by atoms with E-state index < -0.39 is 0 Å². The zero-order valence-corrected chi connectivity index (χ0v) is 13.9. The van der Waals surface area contributed by atoms with Crippen molar-refractivity contribution in [3.8, 4) is 0 Å². The number of methoxy groups -OCH3 is 1. The minimum atomic E-state index is -0.338. The number of halogens is 1. The van der Waals surface area contributed by atoms with Crippen molar-refractivity contribution >= 4 is 32.9 Å². The second-order valence-corrected chi connectivity index (χ2v) is 6.05. The molecular formula is C17H15BrN2O2. The lowest BCUT2D eigenvalue weighted by Gasteiger charge is -2.09. The quantitative estimate of drug-likeness (QED) is 0.666. The van der Waals surface area contributed by atoms with E-state index in [9.17, 15) is 4.79 Å². The molecule has 0 atom stereocenters. The van der Waals surface area contributed by atoms with Crippen molar-refractivity contribution in [2.45, 2.75) is 13.5 Å². The van der Waals surface area contributed by atoms with Gasteiger partial charge >= 0.3 is 5.97 Å². The Kier molecular flexibility index (Phi) is 3.98. The van der Waals surface area contributed by atoms with Crippen molar-refractivity contribution in [1.82, 2.24) is 9.55 Å². The van der Waals surface area contributed by atoms with Crippen LogP contribution >= 0.6 is 15.9 Å². The fourth-order valence-corrected chi connectivity index (χ4v) is 2.92. The van der Waals surface area contributed by atoms with Crippen molar-refractivity contribution in [3.63, 3.8) is 0 Å². The van der Waals surface area contributed by atoms with E-state index in [-0.39, 0.29) is 5.97 Å². The van der Waals surface area contributed by atoms with Crippen molar-refractivity contribution < 1.29 is 9.53 Å². The van der Waals surface area contributed by atoms with Gasteiger partial charge in [0.25, 0.3) is 0 Å². The summed E-state index contributed by atoms with van der Waals surface area (Å²) in [5, 5.41) is 0.